The Morgan fingerprint density at radius 1 is 1.24 bits per heavy atom. The molecule has 1 aromatic carbocycles. The maximum Gasteiger partial charge on any atom is 0.255 e. The number of aliphatic hydroxyl groups is 3. The van der Waals surface area contributed by atoms with Crippen LogP contribution in [0.2, 0.25) is 5.02 Å². The molecule has 0 radical (unpaired) electrons. The van der Waals surface area contributed by atoms with Gasteiger partial charge in [-0.25, -0.2) is 0 Å². The Bertz CT molecular complexity index is 1180. The Kier molecular flexibility index (Phi) is 5.96. The van der Waals surface area contributed by atoms with Crippen molar-refractivity contribution in [3.05, 3.63) is 44.9 Å². The SMILES string of the molecule is CN(C)C1C(O)=C(C(N)=O)C(=O)C2(O)C(O)=C3C(=O)c4c(O)cc(Cl)c(N)c4CC3CC12.Cl. The monoisotopic (exact) mass is 499 g/mol. The summed E-state index contributed by atoms with van der Waals surface area (Å²) in [7, 11) is 3.12. The highest BCUT2D eigenvalue weighted by Gasteiger charge is 2.63. The van der Waals surface area contributed by atoms with Gasteiger partial charge in [-0.05, 0) is 38.4 Å². The summed E-state index contributed by atoms with van der Waals surface area (Å²) in [6, 6.07) is 0.0524. The molecule has 0 spiro atoms. The number of amides is 1. The number of carbonyl (C=O) groups is 3. The first-order valence-corrected chi connectivity index (χ1v) is 10.2. The largest absolute Gasteiger partial charge is 0.510 e. The Hall–Kier alpha value is -2.79. The number of nitrogens with zero attached hydrogens (tertiary/aromatic N) is 1. The molecule has 12 heteroatoms. The number of hydrogen-bond acceptors (Lipinski definition) is 9. The van der Waals surface area contributed by atoms with E-state index in [-0.39, 0.29) is 47.1 Å². The van der Waals surface area contributed by atoms with Gasteiger partial charge >= 0.3 is 0 Å². The average molecular weight is 500 g/mol. The number of primary amides is 1. The Balaban J connectivity index is 0.00000306. The van der Waals surface area contributed by atoms with E-state index in [2.05, 4.69) is 0 Å². The number of hydrogen-bond donors (Lipinski definition) is 6. The van der Waals surface area contributed by atoms with Crippen molar-refractivity contribution in [3.63, 3.8) is 0 Å². The number of allylic oxidation sites excluding steroid dienone is 1. The van der Waals surface area contributed by atoms with Crippen LogP contribution in [0.25, 0.3) is 0 Å². The third kappa shape index (κ3) is 3.12. The molecule has 0 fully saturated rings. The highest BCUT2D eigenvalue weighted by atomic mass is 35.5. The summed E-state index contributed by atoms with van der Waals surface area (Å²) >= 11 is 6.05. The average Bonchev–Trinajstić information content (AvgIpc) is 2.68. The molecule has 178 valence electrons. The fourth-order valence-corrected chi connectivity index (χ4v) is 5.54. The smallest absolute Gasteiger partial charge is 0.255 e. The van der Waals surface area contributed by atoms with Crippen molar-refractivity contribution in [1.29, 1.82) is 0 Å². The number of ketones is 2. The van der Waals surface area contributed by atoms with Crippen LogP contribution in [-0.4, -0.2) is 68.5 Å². The zero-order chi connectivity index (χ0) is 23.9. The summed E-state index contributed by atoms with van der Waals surface area (Å²) in [5, 5.41) is 43.6. The number of phenols is 1. The van der Waals surface area contributed by atoms with Gasteiger partial charge in [-0.3, -0.25) is 19.3 Å². The summed E-state index contributed by atoms with van der Waals surface area (Å²) in [6.45, 7) is 0. The van der Waals surface area contributed by atoms with Crippen LogP contribution in [0.4, 0.5) is 5.69 Å². The van der Waals surface area contributed by atoms with Gasteiger partial charge in [-0.1, -0.05) is 11.6 Å². The molecule has 0 aromatic heterocycles. The second-order valence-corrected chi connectivity index (χ2v) is 9.02. The van der Waals surface area contributed by atoms with Gasteiger partial charge in [-0.2, -0.15) is 0 Å². The van der Waals surface area contributed by atoms with Crippen molar-refractivity contribution in [2.75, 3.05) is 19.8 Å². The van der Waals surface area contributed by atoms with E-state index in [1.165, 1.54) is 4.90 Å². The second-order valence-electron chi connectivity index (χ2n) is 8.61. The molecule has 4 atom stereocenters. The van der Waals surface area contributed by atoms with Crippen LogP contribution in [0.1, 0.15) is 22.3 Å². The summed E-state index contributed by atoms with van der Waals surface area (Å²) in [6.07, 6.45) is 0.0764. The van der Waals surface area contributed by atoms with Gasteiger partial charge in [0.25, 0.3) is 5.91 Å². The number of nitrogens with two attached hydrogens (primary N) is 2. The third-order valence-corrected chi connectivity index (χ3v) is 7.03. The molecule has 0 saturated heterocycles. The zero-order valence-corrected chi connectivity index (χ0v) is 19.2. The zero-order valence-electron chi connectivity index (χ0n) is 17.6. The van der Waals surface area contributed by atoms with Gasteiger partial charge in [-0.15, -0.1) is 12.4 Å². The molecule has 0 heterocycles. The molecular weight excluding hydrogens is 477 g/mol. The van der Waals surface area contributed by atoms with E-state index >= 15 is 0 Å². The number of carbonyl (C=O) groups excluding carboxylic acids is 3. The Morgan fingerprint density at radius 3 is 2.39 bits per heavy atom. The molecule has 4 unspecified atom stereocenters. The van der Waals surface area contributed by atoms with Gasteiger partial charge in [0, 0.05) is 17.6 Å². The molecular formula is C21H23Cl2N3O7. The second kappa shape index (κ2) is 7.91. The van der Waals surface area contributed by atoms with E-state index in [1.807, 2.05) is 0 Å². The quantitative estimate of drug-likeness (QED) is 0.194. The van der Waals surface area contributed by atoms with Crippen molar-refractivity contribution in [3.8, 4) is 5.75 Å². The van der Waals surface area contributed by atoms with E-state index in [1.54, 1.807) is 14.1 Å². The van der Waals surface area contributed by atoms with Gasteiger partial charge in [0.2, 0.25) is 5.78 Å². The van der Waals surface area contributed by atoms with Gasteiger partial charge in [0.15, 0.2) is 11.4 Å². The maximum absolute atomic E-state index is 13.3. The number of fused-ring (bicyclic) bond motifs is 3. The fraction of sp³-hybridized carbons (Fsp3) is 0.381. The predicted octanol–water partition coefficient (Wildman–Crippen LogP) is 0.778. The lowest BCUT2D eigenvalue weighted by atomic mass is 9.58. The molecule has 33 heavy (non-hydrogen) atoms. The maximum atomic E-state index is 13.3. The standard InChI is InChI=1S/C21H22ClN3O7.ClH/c1-25(2)15-8-4-6-3-7-12(10(26)5-9(22)14(7)23)16(27)11(6)18(29)21(8,32)19(30)13(17(15)28)20(24)31;/h5-6,8,15,26,28-29,32H,3-4,23H2,1-2H3,(H2,24,31);1H. The number of halogens is 2. The van der Waals surface area contributed by atoms with Crippen LogP contribution in [0.15, 0.2) is 28.7 Å². The molecule has 8 N–H and O–H groups in total. The number of aliphatic hydroxyl groups excluding tert-OH is 2. The topological polar surface area (TPSA) is 187 Å². The van der Waals surface area contributed by atoms with E-state index in [0.717, 1.165) is 6.07 Å². The summed E-state index contributed by atoms with van der Waals surface area (Å²) in [5.74, 6) is -7.15. The number of benzene rings is 1. The normalized spacial score (nSPS) is 28.8. The van der Waals surface area contributed by atoms with Gasteiger partial charge in [0.05, 0.1) is 22.3 Å². The molecule has 1 aromatic rings. The Morgan fingerprint density at radius 2 is 1.85 bits per heavy atom. The molecule has 0 saturated carbocycles. The number of phenolic OH excluding ortho intramolecular Hbond substituents is 1. The van der Waals surface area contributed by atoms with Crippen LogP contribution < -0.4 is 11.5 Å². The van der Waals surface area contributed by atoms with E-state index in [0.29, 0.717) is 5.56 Å². The lowest BCUT2D eigenvalue weighted by Gasteiger charge is -2.50. The molecule has 0 aliphatic heterocycles. The van der Waals surface area contributed by atoms with Crippen molar-refractivity contribution >= 4 is 47.2 Å². The minimum absolute atomic E-state index is 0. The van der Waals surface area contributed by atoms with Crippen molar-refractivity contribution in [1.82, 2.24) is 4.90 Å². The highest BCUT2D eigenvalue weighted by Crippen LogP contribution is 2.53. The fourth-order valence-electron chi connectivity index (χ4n) is 5.32. The highest BCUT2D eigenvalue weighted by molar-refractivity contribution is 6.34. The summed E-state index contributed by atoms with van der Waals surface area (Å²) < 4.78 is 0. The van der Waals surface area contributed by atoms with Crippen molar-refractivity contribution in [2.45, 2.75) is 24.5 Å². The van der Waals surface area contributed by atoms with E-state index in [4.69, 9.17) is 23.1 Å². The molecule has 0 bridgehead atoms. The van der Waals surface area contributed by atoms with Gasteiger partial charge < -0.3 is 31.9 Å². The third-order valence-electron chi connectivity index (χ3n) is 6.72. The van der Waals surface area contributed by atoms with E-state index < -0.39 is 63.8 Å². The molecule has 3 aliphatic carbocycles. The summed E-state index contributed by atoms with van der Waals surface area (Å²) in [5.41, 5.74) is 7.78. The molecule has 1 amide bonds. The molecule has 3 aliphatic rings. The number of likely N-dealkylation sites (N-methyl/N-ethyl adjacent to an activating group) is 1. The van der Waals surface area contributed by atoms with Crippen LogP contribution in [-0.2, 0) is 16.0 Å². The first kappa shape index (κ1) is 24.8. The molecule has 10 nitrogen and oxygen atoms in total. The predicted molar refractivity (Wildman–Crippen MR) is 120 cm³/mol. The van der Waals surface area contributed by atoms with Gasteiger partial charge in [0.1, 0.15) is 22.8 Å². The first-order valence-electron chi connectivity index (χ1n) is 9.78. The van der Waals surface area contributed by atoms with Crippen LogP contribution in [0.5, 0.6) is 5.75 Å². The number of Topliss-reactive ketones (excluding diaryl/α,β-unsaturated/α-hetero) is 2. The number of nitrogen functional groups attached to an aromatic ring is 1. The minimum Gasteiger partial charge on any atom is -0.510 e. The van der Waals surface area contributed by atoms with Crippen molar-refractivity contribution in [2.24, 2.45) is 17.6 Å². The number of anilines is 1. The van der Waals surface area contributed by atoms with E-state index in [9.17, 15) is 34.8 Å². The molecule has 4 rings (SSSR count). The summed E-state index contributed by atoms with van der Waals surface area (Å²) in [4.78, 5) is 39.8. The van der Waals surface area contributed by atoms with Crippen molar-refractivity contribution < 1.29 is 34.8 Å². The lowest BCUT2D eigenvalue weighted by molar-refractivity contribution is -0.148. The van der Waals surface area contributed by atoms with Crippen LogP contribution in [0, 0.1) is 11.8 Å². The van der Waals surface area contributed by atoms with Crippen LogP contribution in [0.3, 0.4) is 0 Å². The first-order chi connectivity index (χ1) is 14.8. The Labute approximate surface area is 199 Å². The number of aromatic hydroxyl groups is 1. The number of rotatable bonds is 2. The minimum atomic E-state index is -2.67. The van der Waals surface area contributed by atoms with Crippen LogP contribution >= 0.6 is 24.0 Å². The lowest BCUT2D eigenvalue weighted by Crippen LogP contribution is -2.63.